The van der Waals surface area contributed by atoms with Crippen LogP contribution in [0.1, 0.15) is 31.9 Å². The van der Waals surface area contributed by atoms with Crippen LogP contribution < -0.4 is 0 Å². The van der Waals surface area contributed by atoms with E-state index in [9.17, 15) is 5.11 Å². The molecule has 0 fully saturated rings. The van der Waals surface area contributed by atoms with Crippen molar-refractivity contribution in [2.45, 2.75) is 32.7 Å². The Hall–Kier alpha value is -2.20. The van der Waals surface area contributed by atoms with Crippen LogP contribution in [0, 0.1) is 0 Å². The van der Waals surface area contributed by atoms with Gasteiger partial charge in [0.05, 0.1) is 6.10 Å². The maximum atomic E-state index is 9.97. The molecular weight excluding hydrogens is 324 g/mol. The van der Waals surface area contributed by atoms with E-state index in [4.69, 9.17) is 9.47 Å². The highest BCUT2D eigenvalue weighted by molar-refractivity contribution is 5.23. The molecule has 0 amide bonds. The minimum Gasteiger partial charge on any atom is -0.384 e. The summed E-state index contributed by atoms with van der Waals surface area (Å²) in [6.45, 7) is 5.23. The van der Waals surface area contributed by atoms with Crippen molar-refractivity contribution in [2.75, 3.05) is 13.2 Å². The number of aliphatic hydroxyl groups is 1. The van der Waals surface area contributed by atoms with Gasteiger partial charge in [-0.2, -0.15) is 0 Å². The van der Waals surface area contributed by atoms with E-state index in [1.807, 2.05) is 98.9 Å². The van der Waals surface area contributed by atoms with Crippen LogP contribution >= 0.6 is 0 Å². The molecule has 0 aliphatic heterocycles. The fourth-order valence-electron chi connectivity index (χ4n) is 2.14. The minimum absolute atomic E-state index is 0.161. The van der Waals surface area contributed by atoms with Crippen molar-refractivity contribution in [3.8, 4) is 0 Å². The molecule has 26 heavy (non-hydrogen) atoms. The zero-order valence-corrected chi connectivity index (χ0v) is 15.7. The molecule has 1 rings (SSSR count). The lowest BCUT2D eigenvalue weighted by atomic mass is 10.1. The molecule has 1 atom stereocenters. The van der Waals surface area contributed by atoms with Crippen LogP contribution in [0.3, 0.4) is 0 Å². The summed E-state index contributed by atoms with van der Waals surface area (Å²) in [6, 6.07) is 9.58. The van der Waals surface area contributed by atoms with E-state index in [-0.39, 0.29) is 6.29 Å². The molecule has 140 valence electrons. The number of aliphatic hydroxyl groups excluding tert-OH is 1. The molecule has 1 unspecified atom stereocenters. The summed E-state index contributed by atoms with van der Waals surface area (Å²) in [5.74, 6) is 0. The van der Waals surface area contributed by atoms with Crippen molar-refractivity contribution in [1.82, 2.24) is 0 Å². The van der Waals surface area contributed by atoms with Crippen LogP contribution in [-0.4, -0.2) is 24.6 Å². The van der Waals surface area contributed by atoms with Gasteiger partial charge in [-0.1, -0.05) is 91.1 Å². The maximum absolute atomic E-state index is 9.97. The Labute approximate surface area is 157 Å². The number of allylic oxidation sites excluding steroid dienone is 8. The van der Waals surface area contributed by atoms with Crippen LogP contribution in [0.5, 0.6) is 0 Å². The third-order valence-electron chi connectivity index (χ3n) is 3.38. The molecule has 1 aromatic rings. The highest BCUT2D eigenvalue weighted by Crippen LogP contribution is 2.12. The third-order valence-corrected chi connectivity index (χ3v) is 3.38. The normalized spacial score (nSPS) is 14.2. The van der Waals surface area contributed by atoms with Gasteiger partial charge in [-0.15, -0.1) is 0 Å². The van der Waals surface area contributed by atoms with E-state index in [0.29, 0.717) is 13.2 Å². The number of hydrogen-bond acceptors (Lipinski definition) is 3. The number of ether oxygens (including phenoxy) is 2. The van der Waals surface area contributed by atoms with Gasteiger partial charge in [0.2, 0.25) is 0 Å². The highest BCUT2D eigenvalue weighted by Gasteiger charge is 2.03. The second-order valence-electron chi connectivity index (χ2n) is 5.40. The minimum atomic E-state index is -0.577. The SMILES string of the molecule is CCOC(C/C=C/C=C/C=C/C=C/C=C\C(O)c1ccccc1)OCC. The van der Waals surface area contributed by atoms with E-state index in [1.165, 1.54) is 0 Å². The second kappa shape index (κ2) is 15.1. The third kappa shape index (κ3) is 10.6. The maximum Gasteiger partial charge on any atom is 0.160 e. The lowest BCUT2D eigenvalue weighted by Gasteiger charge is -2.14. The molecule has 1 N–H and O–H groups in total. The fraction of sp³-hybridized carbons (Fsp3) is 0.304. The zero-order chi connectivity index (χ0) is 18.9. The molecule has 3 nitrogen and oxygen atoms in total. The van der Waals surface area contributed by atoms with Crippen molar-refractivity contribution in [3.05, 3.63) is 96.7 Å². The molecule has 1 aromatic carbocycles. The summed E-state index contributed by atoms with van der Waals surface area (Å²) < 4.78 is 10.9. The summed E-state index contributed by atoms with van der Waals surface area (Å²) in [5, 5.41) is 9.97. The van der Waals surface area contributed by atoms with Crippen molar-refractivity contribution in [1.29, 1.82) is 0 Å². The molecule has 0 aliphatic carbocycles. The summed E-state index contributed by atoms with van der Waals surface area (Å²) in [6.07, 6.45) is 19.2. The summed E-state index contributed by atoms with van der Waals surface area (Å²) in [4.78, 5) is 0. The van der Waals surface area contributed by atoms with Gasteiger partial charge < -0.3 is 14.6 Å². The molecule has 0 saturated carbocycles. The predicted molar refractivity (Wildman–Crippen MR) is 109 cm³/mol. The number of hydrogen-bond donors (Lipinski definition) is 1. The Morgan fingerprint density at radius 1 is 0.808 bits per heavy atom. The van der Waals surface area contributed by atoms with E-state index in [0.717, 1.165) is 12.0 Å². The van der Waals surface area contributed by atoms with Gasteiger partial charge in [-0.05, 0) is 19.4 Å². The van der Waals surface area contributed by atoms with Crippen LogP contribution in [0.25, 0.3) is 0 Å². The van der Waals surface area contributed by atoms with Crippen LogP contribution in [0.4, 0.5) is 0 Å². The summed E-state index contributed by atoms with van der Waals surface area (Å²) in [5.41, 5.74) is 0.887. The molecule has 0 radical (unpaired) electrons. The lowest BCUT2D eigenvalue weighted by Crippen LogP contribution is -2.16. The zero-order valence-electron chi connectivity index (χ0n) is 15.7. The Balaban J connectivity index is 2.26. The number of rotatable bonds is 12. The van der Waals surface area contributed by atoms with E-state index >= 15 is 0 Å². The largest absolute Gasteiger partial charge is 0.384 e. The van der Waals surface area contributed by atoms with Gasteiger partial charge in [0.25, 0.3) is 0 Å². The molecule has 0 bridgehead atoms. The highest BCUT2D eigenvalue weighted by atomic mass is 16.7. The molecule has 0 aliphatic rings. The fourth-order valence-corrected chi connectivity index (χ4v) is 2.14. The van der Waals surface area contributed by atoms with Gasteiger partial charge in [0.1, 0.15) is 0 Å². The quantitative estimate of drug-likeness (QED) is 0.409. The Kier molecular flexibility index (Phi) is 12.7. The molecule has 0 saturated heterocycles. The van der Waals surface area contributed by atoms with Gasteiger partial charge in [-0.3, -0.25) is 0 Å². The van der Waals surface area contributed by atoms with Gasteiger partial charge in [-0.25, -0.2) is 0 Å². The molecule has 0 heterocycles. The van der Waals surface area contributed by atoms with Crippen molar-refractivity contribution >= 4 is 0 Å². The first-order valence-corrected chi connectivity index (χ1v) is 9.07. The average molecular weight is 354 g/mol. The second-order valence-corrected chi connectivity index (χ2v) is 5.40. The van der Waals surface area contributed by atoms with Gasteiger partial charge >= 0.3 is 0 Å². The van der Waals surface area contributed by atoms with E-state index in [1.54, 1.807) is 6.08 Å². The molecule has 0 spiro atoms. The summed E-state index contributed by atoms with van der Waals surface area (Å²) >= 11 is 0. The summed E-state index contributed by atoms with van der Waals surface area (Å²) in [7, 11) is 0. The van der Waals surface area contributed by atoms with Crippen molar-refractivity contribution in [3.63, 3.8) is 0 Å². The molecule has 3 heteroatoms. The molecular formula is C23H30O3. The Morgan fingerprint density at radius 2 is 1.35 bits per heavy atom. The number of benzene rings is 1. The topological polar surface area (TPSA) is 38.7 Å². The van der Waals surface area contributed by atoms with E-state index < -0.39 is 6.10 Å². The standard InChI is InChI=1S/C23H30O3/c1-3-25-23(26-4-2)20-16-11-9-7-5-6-8-10-15-19-22(24)21-17-13-12-14-18-21/h5-19,22-24H,3-4,20H2,1-2H3/b6-5+,9-7+,10-8+,16-11+,19-15-. The molecule has 0 aromatic heterocycles. The van der Waals surface area contributed by atoms with Gasteiger partial charge in [0, 0.05) is 19.6 Å². The van der Waals surface area contributed by atoms with Crippen molar-refractivity contribution < 1.29 is 14.6 Å². The monoisotopic (exact) mass is 354 g/mol. The van der Waals surface area contributed by atoms with Gasteiger partial charge in [0.15, 0.2) is 6.29 Å². The van der Waals surface area contributed by atoms with Crippen LogP contribution in [-0.2, 0) is 9.47 Å². The Morgan fingerprint density at radius 3 is 1.92 bits per heavy atom. The Bertz CT molecular complexity index is 591. The van der Waals surface area contributed by atoms with Crippen molar-refractivity contribution in [2.24, 2.45) is 0 Å². The lowest BCUT2D eigenvalue weighted by molar-refractivity contribution is -0.133. The first-order chi connectivity index (χ1) is 12.8. The first kappa shape index (κ1) is 21.8. The van der Waals surface area contributed by atoms with Crippen LogP contribution in [0.15, 0.2) is 91.1 Å². The smallest absolute Gasteiger partial charge is 0.160 e. The van der Waals surface area contributed by atoms with E-state index in [2.05, 4.69) is 0 Å². The van der Waals surface area contributed by atoms with Crippen LogP contribution in [0.2, 0.25) is 0 Å². The average Bonchev–Trinajstić information content (AvgIpc) is 2.67. The first-order valence-electron chi connectivity index (χ1n) is 9.07. The predicted octanol–water partition coefficient (Wildman–Crippen LogP) is 5.29.